The van der Waals surface area contributed by atoms with Crippen LogP contribution in [-0.4, -0.2) is 31.3 Å². The molecule has 0 amide bonds. The molecule has 1 atom stereocenters. The molecule has 5 nitrogen and oxygen atoms in total. The smallest absolute Gasteiger partial charge is 0.353 e. The molecular formula is C13H13NO4. The number of benzene rings is 1. The van der Waals surface area contributed by atoms with Gasteiger partial charge in [-0.15, -0.1) is 0 Å². The molecule has 2 rings (SSSR count). The third-order valence-corrected chi connectivity index (χ3v) is 2.64. The van der Waals surface area contributed by atoms with Crippen molar-refractivity contribution in [3.63, 3.8) is 0 Å². The lowest BCUT2D eigenvalue weighted by molar-refractivity contribution is -0.144. The second-order valence-electron chi connectivity index (χ2n) is 3.84. The van der Waals surface area contributed by atoms with Crippen LogP contribution in [0.4, 0.5) is 0 Å². The Hall–Kier alpha value is -2.17. The van der Waals surface area contributed by atoms with Crippen molar-refractivity contribution >= 4 is 17.7 Å². The number of esters is 2. The summed E-state index contributed by atoms with van der Waals surface area (Å²) in [5.41, 5.74) is 1.01. The summed E-state index contributed by atoms with van der Waals surface area (Å²) in [4.78, 5) is 26.8. The van der Waals surface area contributed by atoms with Crippen molar-refractivity contribution < 1.29 is 19.1 Å². The van der Waals surface area contributed by atoms with Crippen LogP contribution in [-0.2, 0) is 19.1 Å². The molecule has 1 aliphatic rings. The van der Waals surface area contributed by atoms with E-state index in [4.69, 9.17) is 4.74 Å². The summed E-state index contributed by atoms with van der Waals surface area (Å²) in [7, 11) is 1.27. The van der Waals surface area contributed by atoms with Crippen LogP contribution in [0.1, 0.15) is 18.1 Å². The summed E-state index contributed by atoms with van der Waals surface area (Å²) in [6.45, 7) is 0.335. The highest BCUT2D eigenvalue weighted by atomic mass is 16.5. The molecule has 94 valence electrons. The largest absolute Gasteiger partial charge is 0.469 e. The number of cyclic esters (lactones) is 1. The van der Waals surface area contributed by atoms with E-state index >= 15 is 0 Å². The molecule has 0 N–H and O–H groups in total. The Bertz CT molecular complexity index is 481. The van der Waals surface area contributed by atoms with Crippen LogP contribution in [0, 0.1) is 0 Å². The van der Waals surface area contributed by atoms with Gasteiger partial charge in [0.05, 0.1) is 20.1 Å². The van der Waals surface area contributed by atoms with Crippen LogP contribution in [0.5, 0.6) is 0 Å². The highest BCUT2D eigenvalue weighted by molar-refractivity contribution is 6.39. The van der Waals surface area contributed by atoms with Crippen molar-refractivity contribution in [2.75, 3.05) is 13.7 Å². The van der Waals surface area contributed by atoms with Crippen molar-refractivity contribution in [2.24, 2.45) is 4.99 Å². The quantitative estimate of drug-likeness (QED) is 0.755. The molecule has 0 spiro atoms. The molecule has 1 heterocycles. The van der Waals surface area contributed by atoms with Gasteiger partial charge >= 0.3 is 11.9 Å². The maximum absolute atomic E-state index is 11.7. The summed E-state index contributed by atoms with van der Waals surface area (Å²) < 4.78 is 9.74. The van der Waals surface area contributed by atoms with Gasteiger partial charge in [0, 0.05) is 0 Å². The summed E-state index contributed by atoms with van der Waals surface area (Å²) >= 11 is 0. The van der Waals surface area contributed by atoms with Gasteiger partial charge in [0.15, 0.2) is 0 Å². The Balaban J connectivity index is 2.07. The van der Waals surface area contributed by atoms with Crippen molar-refractivity contribution in [1.82, 2.24) is 0 Å². The summed E-state index contributed by atoms with van der Waals surface area (Å²) in [5, 5.41) is 0. The fourth-order valence-electron chi connectivity index (χ4n) is 1.67. The lowest BCUT2D eigenvalue weighted by Crippen LogP contribution is -2.29. The first-order chi connectivity index (χ1) is 8.70. The third-order valence-electron chi connectivity index (χ3n) is 2.64. The van der Waals surface area contributed by atoms with E-state index in [1.165, 1.54) is 7.11 Å². The number of ether oxygens (including phenoxy) is 2. The molecule has 1 aliphatic heterocycles. The molecule has 1 aromatic rings. The zero-order valence-corrected chi connectivity index (χ0v) is 9.96. The van der Waals surface area contributed by atoms with Gasteiger partial charge in [-0.3, -0.25) is 9.79 Å². The number of aliphatic imine (C=N–C) groups is 1. The minimum absolute atomic E-state index is 0.119. The molecule has 0 saturated carbocycles. The highest BCUT2D eigenvalue weighted by Crippen LogP contribution is 2.21. The van der Waals surface area contributed by atoms with E-state index in [0.29, 0.717) is 6.54 Å². The Morgan fingerprint density at radius 3 is 2.78 bits per heavy atom. The zero-order valence-electron chi connectivity index (χ0n) is 9.96. The zero-order chi connectivity index (χ0) is 13.0. The van der Waals surface area contributed by atoms with E-state index in [-0.39, 0.29) is 18.2 Å². The van der Waals surface area contributed by atoms with Crippen molar-refractivity contribution in [2.45, 2.75) is 12.5 Å². The van der Waals surface area contributed by atoms with Crippen LogP contribution in [0.3, 0.4) is 0 Å². The molecule has 18 heavy (non-hydrogen) atoms. The lowest BCUT2D eigenvalue weighted by atomic mass is 10.1. The minimum atomic E-state index is -0.555. The number of methoxy groups -OCH3 is 1. The lowest BCUT2D eigenvalue weighted by Gasteiger charge is -2.21. The average Bonchev–Trinajstić information content (AvgIpc) is 2.42. The van der Waals surface area contributed by atoms with Crippen molar-refractivity contribution in [1.29, 1.82) is 0 Å². The summed E-state index contributed by atoms with van der Waals surface area (Å²) in [6.07, 6.45) is -0.517. The molecule has 0 bridgehead atoms. The van der Waals surface area contributed by atoms with Gasteiger partial charge in [-0.05, 0) is 5.56 Å². The van der Waals surface area contributed by atoms with E-state index < -0.39 is 11.9 Å². The van der Waals surface area contributed by atoms with Gasteiger partial charge in [0.25, 0.3) is 0 Å². The molecule has 0 saturated heterocycles. The normalized spacial score (nSPS) is 18.8. The van der Waals surface area contributed by atoms with Gasteiger partial charge in [-0.1, -0.05) is 30.3 Å². The Labute approximate surface area is 104 Å². The molecule has 1 aromatic carbocycles. The summed E-state index contributed by atoms with van der Waals surface area (Å²) in [5.74, 6) is -1.05. The van der Waals surface area contributed by atoms with Gasteiger partial charge in [0.1, 0.15) is 11.8 Å². The fraction of sp³-hybridized carbons (Fsp3) is 0.308. The number of hydrogen-bond donors (Lipinski definition) is 0. The number of hydrogen-bond acceptors (Lipinski definition) is 5. The molecular weight excluding hydrogens is 234 g/mol. The van der Waals surface area contributed by atoms with E-state index in [2.05, 4.69) is 9.73 Å². The number of nitrogens with zero attached hydrogens (tertiary/aromatic N) is 1. The third kappa shape index (κ3) is 2.74. The molecule has 1 unspecified atom stereocenters. The topological polar surface area (TPSA) is 65.0 Å². The molecule has 0 fully saturated rings. The van der Waals surface area contributed by atoms with E-state index in [1.807, 2.05) is 30.3 Å². The number of carbonyl (C=O) groups is 2. The van der Waals surface area contributed by atoms with Crippen molar-refractivity contribution in [3.8, 4) is 0 Å². The van der Waals surface area contributed by atoms with Crippen molar-refractivity contribution in [3.05, 3.63) is 35.9 Å². The van der Waals surface area contributed by atoms with Gasteiger partial charge < -0.3 is 9.47 Å². The maximum atomic E-state index is 11.7. The van der Waals surface area contributed by atoms with Gasteiger partial charge in [-0.25, -0.2) is 4.79 Å². The highest BCUT2D eigenvalue weighted by Gasteiger charge is 2.27. The molecule has 0 aliphatic carbocycles. The summed E-state index contributed by atoms with van der Waals surface area (Å²) in [6, 6.07) is 9.38. The van der Waals surface area contributed by atoms with Gasteiger partial charge in [0.2, 0.25) is 0 Å². The molecule has 5 heteroatoms. The first-order valence-electron chi connectivity index (χ1n) is 5.56. The predicted octanol–water partition coefficient (Wildman–Crippen LogP) is 1.29. The number of carbonyl (C=O) groups excluding carboxylic acids is 2. The predicted molar refractivity (Wildman–Crippen MR) is 64.2 cm³/mol. The fourth-order valence-corrected chi connectivity index (χ4v) is 1.67. The SMILES string of the molecule is COC(=O)CC1=NCC(c2ccccc2)OC1=O. The standard InChI is InChI=1S/C13H13NO4/c1-17-12(15)7-10-13(16)18-11(8-14-10)9-5-3-2-4-6-9/h2-6,11H,7-8H2,1H3. The Morgan fingerprint density at radius 2 is 2.17 bits per heavy atom. The maximum Gasteiger partial charge on any atom is 0.353 e. The first-order valence-corrected chi connectivity index (χ1v) is 5.56. The van der Waals surface area contributed by atoms with Crippen LogP contribution < -0.4 is 0 Å². The molecule has 0 aromatic heterocycles. The first kappa shape index (κ1) is 12.3. The van der Waals surface area contributed by atoms with Crippen LogP contribution in [0.2, 0.25) is 0 Å². The minimum Gasteiger partial charge on any atom is -0.469 e. The van der Waals surface area contributed by atoms with Crippen LogP contribution in [0.25, 0.3) is 0 Å². The average molecular weight is 247 g/mol. The monoisotopic (exact) mass is 247 g/mol. The van der Waals surface area contributed by atoms with Crippen LogP contribution >= 0.6 is 0 Å². The van der Waals surface area contributed by atoms with E-state index in [1.54, 1.807) is 0 Å². The Morgan fingerprint density at radius 1 is 1.44 bits per heavy atom. The molecule has 0 radical (unpaired) electrons. The van der Waals surface area contributed by atoms with E-state index in [9.17, 15) is 9.59 Å². The van der Waals surface area contributed by atoms with Gasteiger partial charge in [-0.2, -0.15) is 0 Å². The second kappa shape index (κ2) is 5.44. The number of rotatable bonds is 3. The second-order valence-corrected chi connectivity index (χ2v) is 3.84. The Kier molecular flexibility index (Phi) is 3.72. The van der Waals surface area contributed by atoms with Crippen LogP contribution in [0.15, 0.2) is 35.3 Å². The van der Waals surface area contributed by atoms with E-state index in [0.717, 1.165) is 5.56 Å².